The van der Waals surface area contributed by atoms with Crippen LogP contribution in [0.5, 0.6) is 0 Å². The number of carbonyl (C=O) groups excluding carboxylic acids is 3. The normalized spacial score (nSPS) is 14.7. The van der Waals surface area contributed by atoms with E-state index in [4.69, 9.17) is 9.99 Å². The largest absolute Gasteiger partial charge is 0.386 e. The van der Waals surface area contributed by atoms with Crippen molar-refractivity contribution < 1.29 is 34.0 Å². The molecule has 0 unspecified atom stereocenters. The van der Waals surface area contributed by atoms with Gasteiger partial charge in [0.2, 0.25) is 5.91 Å². The quantitative estimate of drug-likeness (QED) is 0.198. The zero-order valence-electron chi connectivity index (χ0n) is 11.1. The van der Waals surface area contributed by atoms with Crippen LogP contribution in [0, 0.1) is 0 Å². The molecule has 0 aromatic carbocycles. The number of cyclic esters (lactones) is 2. The van der Waals surface area contributed by atoms with Gasteiger partial charge in [0.1, 0.15) is 6.61 Å². The van der Waals surface area contributed by atoms with Crippen molar-refractivity contribution >= 4 is 17.8 Å². The van der Waals surface area contributed by atoms with E-state index in [1.54, 1.807) is 0 Å². The molecule has 1 rings (SSSR count). The van der Waals surface area contributed by atoms with Crippen molar-refractivity contribution in [1.29, 1.82) is 0 Å². The van der Waals surface area contributed by atoms with Crippen molar-refractivity contribution in [2.24, 2.45) is 0 Å². The molecule has 1 aliphatic heterocycles. The summed E-state index contributed by atoms with van der Waals surface area (Å²) in [7, 11) is 0. The summed E-state index contributed by atoms with van der Waals surface area (Å²) >= 11 is 0. The van der Waals surface area contributed by atoms with Gasteiger partial charge in [-0.05, 0) is 13.3 Å². The Labute approximate surface area is 115 Å². The molecule has 1 amide bonds. The van der Waals surface area contributed by atoms with Gasteiger partial charge in [0, 0.05) is 24.1 Å². The third-order valence-electron chi connectivity index (χ3n) is 2.68. The molecule has 0 saturated heterocycles. The smallest absolute Gasteiger partial charge is 0.342 e. The van der Waals surface area contributed by atoms with E-state index in [1.165, 1.54) is 6.92 Å². The molecule has 2 N–H and O–H groups in total. The Hall–Kier alpha value is -1.77. The molecular weight excluding hydrogens is 270 g/mol. The van der Waals surface area contributed by atoms with Gasteiger partial charge in [-0.2, -0.15) is 0 Å². The number of carbonyl (C=O) groups is 3. The van der Waals surface area contributed by atoms with Gasteiger partial charge in [0.25, 0.3) is 0 Å². The van der Waals surface area contributed by atoms with E-state index >= 15 is 0 Å². The second-order valence-electron chi connectivity index (χ2n) is 4.08. The monoisotopic (exact) mass is 287 g/mol. The van der Waals surface area contributed by atoms with Gasteiger partial charge in [-0.25, -0.2) is 14.5 Å². The van der Waals surface area contributed by atoms with E-state index in [0.29, 0.717) is 6.54 Å². The molecule has 20 heavy (non-hydrogen) atoms. The second kappa shape index (κ2) is 8.41. The fraction of sp³-hybridized carbons (Fsp3) is 0.583. The summed E-state index contributed by atoms with van der Waals surface area (Å²) in [6.07, 6.45) is 0.260. The third kappa shape index (κ3) is 5.08. The van der Waals surface area contributed by atoms with Crippen LogP contribution < -0.4 is 5.32 Å². The lowest BCUT2D eigenvalue weighted by Crippen LogP contribution is -2.27. The Bertz CT molecular complexity index is 416. The van der Waals surface area contributed by atoms with Gasteiger partial charge in [-0.1, -0.05) is 0 Å². The summed E-state index contributed by atoms with van der Waals surface area (Å²) in [5.41, 5.74) is 0.511. The molecule has 0 aliphatic carbocycles. The standard InChI is InChI=1S/C12H17NO7/c1-8-9(12(16)20-11(8)15)2-3-10(14)13-4-5-18-6-7-19-17/h17H,2-7H2,1H3,(H,13,14). The molecule has 0 atom stereocenters. The highest BCUT2D eigenvalue weighted by molar-refractivity contribution is 6.12. The van der Waals surface area contributed by atoms with E-state index in [2.05, 4.69) is 14.9 Å². The number of rotatable bonds is 9. The van der Waals surface area contributed by atoms with Crippen LogP contribution >= 0.6 is 0 Å². The Balaban J connectivity index is 2.17. The van der Waals surface area contributed by atoms with Crippen LogP contribution in [0.2, 0.25) is 0 Å². The molecule has 0 spiro atoms. The second-order valence-corrected chi connectivity index (χ2v) is 4.08. The molecule has 8 nitrogen and oxygen atoms in total. The molecule has 0 saturated carbocycles. The molecule has 8 heteroatoms. The van der Waals surface area contributed by atoms with Crippen molar-refractivity contribution in [1.82, 2.24) is 5.32 Å². The number of nitrogens with one attached hydrogen (secondary N) is 1. The summed E-state index contributed by atoms with van der Waals surface area (Å²) in [4.78, 5) is 37.7. The number of ether oxygens (including phenoxy) is 2. The lowest BCUT2D eigenvalue weighted by Gasteiger charge is -2.05. The summed E-state index contributed by atoms with van der Waals surface area (Å²) in [5.74, 6) is -1.57. The molecule has 1 aliphatic rings. The highest BCUT2D eigenvalue weighted by Crippen LogP contribution is 2.20. The third-order valence-corrected chi connectivity index (χ3v) is 2.68. The van der Waals surface area contributed by atoms with Gasteiger partial charge in [-0.15, -0.1) is 0 Å². The number of hydrogen-bond acceptors (Lipinski definition) is 7. The maximum atomic E-state index is 11.5. The van der Waals surface area contributed by atoms with E-state index in [-0.39, 0.29) is 49.7 Å². The Kier molecular flexibility index (Phi) is 6.85. The van der Waals surface area contributed by atoms with Crippen molar-refractivity contribution in [3.05, 3.63) is 11.1 Å². The van der Waals surface area contributed by atoms with Crippen molar-refractivity contribution in [2.75, 3.05) is 26.4 Å². The fourth-order valence-electron chi connectivity index (χ4n) is 1.58. The minimum absolute atomic E-state index is 0.0670. The van der Waals surface area contributed by atoms with E-state index < -0.39 is 11.9 Å². The SMILES string of the molecule is CC1=C(CCC(=O)NCCOCCOO)C(=O)OC1=O. The zero-order chi connectivity index (χ0) is 15.0. The molecule has 0 fully saturated rings. The molecule has 0 radical (unpaired) electrons. The van der Waals surface area contributed by atoms with Crippen molar-refractivity contribution in [2.45, 2.75) is 19.8 Å². The molecule has 0 bridgehead atoms. The van der Waals surface area contributed by atoms with Crippen LogP contribution in [0.3, 0.4) is 0 Å². The fourth-order valence-corrected chi connectivity index (χ4v) is 1.58. The molecule has 112 valence electrons. The number of amides is 1. The lowest BCUT2D eigenvalue weighted by molar-refractivity contribution is -0.249. The van der Waals surface area contributed by atoms with Gasteiger partial charge >= 0.3 is 11.9 Å². The first kappa shape index (κ1) is 16.3. The van der Waals surface area contributed by atoms with E-state index in [1.807, 2.05) is 0 Å². The molecule has 1 heterocycles. The van der Waals surface area contributed by atoms with Crippen LogP contribution in [0.15, 0.2) is 11.1 Å². The predicted octanol–water partition coefficient (Wildman–Crippen LogP) is -0.211. The summed E-state index contributed by atoms with van der Waals surface area (Å²) < 4.78 is 9.44. The molecular formula is C12H17NO7. The number of hydrogen-bond donors (Lipinski definition) is 2. The van der Waals surface area contributed by atoms with Gasteiger partial charge in [-0.3, -0.25) is 10.1 Å². The van der Waals surface area contributed by atoms with Crippen LogP contribution in [-0.2, 0) is 28.7 Å². The van der Waals surface area contributed by atoms with Gasteiger partial charge in [0.05, 0.1) is 13.2 Å². The van der Waals surface area contributed by atoms with Crippen LogP contribution in [0.25, 0.3) is 0 Å². The van der Waals surface area contributed by atoms with Gasteiger partial charge in [0.15, 0.2) is 0 Å². The predicted molar refractivity (Wildman–Crippen MR) is 65.4 cm³/mol. The first-order valence-electron chi connectivity index (χ1n) is 6.13. The first-order valence-corrected chi connectivity index (χ1v) is 6.13. The highest BCUT2D eigenvalue weighted by atomic mass is 17.1. The maximum Gasteiger partial charge on any atom is 0.342 e. The Morgan fingerprint density at radius 1 is 1.25 bits per heavy atom. The average Bonchev–Trinajstić information content (AvgIpc) is 2.65. The van der Waals surface area contributed by atoms with Crippen LogP contribution in [0.4, 0.5) is 0 Å². The zero-order valence-corrected chi connectivity index (χ0v) is 11.1. The topological polar surface area (TPSA) is 111 Å². The van der Waals surface area contributed by atoms with Gasteiger partial charge < -0.3 is 14.8 Å². The van der Waals surface area contributed by atoms with E-state index in [9.17, 15) is 14.4 Å². The lowest BCUT2D eigenvalue weighted by atomic mass is 10.1. The van der Waals surface area contributed by atoms with Crippen LogP contribution in [-0.4, -0.2) is 49.5 Å². The maximum absolute atomic E-state index is 11.5. The minimum Gasteiger partial charge on any atom is -0.386 e. The average molecular weight is 287 g/mol. The van der Waals surface area contributed by atoms with E-state index in [0.717, 1.165) is 0 Å². The summed E-state index contributed by atoms with van der Waals surface area (Å²) in [6.45, 7) is 2.39. The first-order chi connectivity index (χ1) is 9.56. The van der Waals surface area contributed by atoms with Crippen LogP contribution in [0.1, 0.15) is 19.8 Å². The Morgan fingerprint density at radius 3 is 2.60 bits per heavy atom. The molecule has 0 aromatic rings. The number of esters is 2. The van der Waals surface area contributed by atoms with Crippen molar-refractivity contribution in [3.63, 3.8) is 0 Å². The minimum atomic E-state index is -0.673. The molecule has 0 aromatic heterocycles. The highest BCUT2D eigenvalue weighted by Gasteiger charge is 2.29. The van der Waals surface area contributed by atoms with Crippen molar-refractivity contribution in [3.8, 4) is 0 Å². The summed E-state index contributed by atoms with van der Waals surface area (Å²) in [5, 5.41) is 10.6. The Morgan fingerprint density at radius 2 is 2.00 bits per heavy atom. The summed E-state index contributed by atoms with van der Waals surface area (Å²) in [6, 6.07) is 0.